The highest BCUT2D eigenvalue weighted by Gasteiger charge is 2.23. The largest absolute Gasteiger partial charge is 0.356 e. The highest BCUT2D eigenvalue weighted by molar-refractivity contribution is 5.57. The molecule has 0 saturated carbocycles. The molecule has 2 aliphatic rings. The van der Waals surface area contributed by atoms with Crippen LogP contribution in [0.5, 0.6) is 0 Å². The molecule has 0 amide bonds. The average Bonchev–Trinajstić information content (AvgIpc) is 3.19. The number of fused-ring (bicyclic) bond motifs is 1. The number of anilines is 1. The van der Waals surface area contributed by atoms with Crippen LogP contribution in [-0.4, -0.2) is 34.2 Å². The van der Waals surface area contributed by atoms with Crippen molar-refractivity contribution in [1.29, 1.82) is 0 Å². The second kappa shape index (κ2) is 5.54. The zero-order chi connectivity index (χ0) is 15.1. The van der Waals surface area contributed by atoms with Crippen molar-refractivity contribution in [3.05, 3.63) is 23.0 Å². The highest BCUT2D eigenvalue weighted by atomic mass is 15.4. The van der Waals surface area contributed by atoms with Crippen LogP contribution in [0.1, 0.15) is 55.1 Å². The molecule has 0 bridgehead atoms. The molecule has 2 aromatic heterocycles. The third kappa shape index (κ3) is 2.28. The Kier molecular flexibility index (Phi) is 3.53. The molecule has 2 saturated heterocycles. The molecule has 1 atom stereocenters. The van der Waals surface area contributed by atoms with Gasteiger partial charge in [-0.25, -0.2) is 4.98 Å². The van der Waals surface area contributed by atoms with Crippen LogP contribution < -0.4 is 10.2 Å². The third-order valence-electron chi connectivity index (χ3n) is 5.14. The normalized spacial score (nSPS) is 22.6. The smallest absolute Gasteiger partial charge is 0.157 e. The van der Waals surface area contributed by atoms with E-state index in [9.17, 15) is 0 Å². The van der Waals surface area contributed by atoms with E-state index >= 15 is 0 Å². The average molecular weight is 299 g/mol. The fraction of sp³-hybridized carbons (Fsp3) is 0.647. The monoisotopic (exact) mass is 299 g/mol. The number of piperidine rings is 1. The summed E-state index contributed by atoms with van der Waals surface area (Å²) in [6.45, 7) is 7.66. The number of hydrogen-bond acceptors (Lipinski definition) is 4. The van der Waals surface area contributed by atoms with E-state index in [1.165, 1.54) is 43.5 Å². The van der Waals surface area contributed by atoms with Gasteiger partial charge in [-0.15, -0.1) is 0 Å². The van der Waals surface area contributed by atoms with Gasteiger partial charge in [0.05, 0.1) is 11.7 Å². The van der Waals surface area contributed by atoms with Crippen molar-refractivity contribution in [2.75, 3.05) is 24.5 Å². The lowest BCUT2D eigenvalue weighted by molar-refractivity contribution is 0.404. The molecule has 4 heterocycles. The van der Waals surface area contributed by atoms with Crippen molar-refractivity contribution in [2.24, 2.45) is 0 Å². The molecular weight excluding hydrogens is 274 g/mol. The minimum Gasteiger partial charge on any atom is -0.356 e. The number of aryl methyl sites for hydroxylation is 1. The molecule has 2 aliphatic heterocycles. The molecule has 5 heteroatoms. The van der Waals surface area contributed by atoms with Crippen molar-refractivity contribution in [3.8, 4) is 0 Å². The van der Waals surface area contributed by atoms with E-state index in [0.29, 0.717) is 6.04 Å². The lowest BCUT2D eigenvalue weighted by Crippen LogP contribution is -2.27. The number of nitrogens with one attached hydrogen (secondary N) is 1. The van der Waals surface area contributed by atoms with Crippen LogP contribution in [0.15, 0.2) is 6.07 Å². The molecule has 1 N–H and O–H groups in total. The Balaban J connectivity index is 1.82. The first kappa shape index (κ1) is 14.0. The van der Waals surface area contributed by atoms with Gasteiger partial charge in [0.1, 0.15) is 5.82 Å². The Morgan fingerprint density at radius 1 is 1.14 bits per heavy atom. The number of nitrogens with zero attached hydrogens (tertiary/aromatic N) is 4. The van der Waals surface area contributed by atoms with E-state index in [4.69, 9.17) is 10.1 Å². The number of aromatic nitrogens is 3. The standard InChI is InChI=1S/C17H25N5/c1-12-13(2)19-16-11-15(14-7-3-4-8-18-14)20-22(16)17(12)21-9-5-6-10-21/h11,14,18H,3-10H2,1-2H3/t14-/m0/s1. The molecule has 118 valence electrons. The van der Waals surface area contributed by atoms with Gasteiger partial charge in [0, 0.05) is 30.4 Å². The van der Waals surface area contributed by atoms with Gasteiger partial charge in [-0.3, -0.25) is 0 Å². The molecule has 5 nitrogen and oxygen atoms in total. The SMILES string of the molecule is Cc1nc2cc([C@@H]3CCCCN3)nn2c(N2CCCC2)c1C. The van der Waals surface area contributed by atoms with Crippen molar-refractivity contribution >= 4 is 11.5 Å². The van der Waals surface area contributed by atoms with Crippen LogP contribution >= 0.6 is 0 Å². The van der Waals surface area contributed by atoms with Crippen molar-refractivity contribution in [2.45, 2.75) is 52.0 Å². The maximum atomic E-state index is 4.93. The van der Waals surface area contributed by atoms with Crippen molar-refractivity contribution in [1.82, 2.24) is 19.9 Å². The zero-order valence-corrected chi connectivity index (χ0v) is 13.6. The Bertz CT molecular complexity index is 678. The van der Waals surface area contributed by atoms with Gasteiger partial charge in [-0.05, 0) is 46.1 Å². The highest BCUT2D eigenvalue weighted by Crippen LogP contribution is 2.29. The summed E-state index contributed by atoms with van der Waals surface area (Å²) in [5.41, 5.74) is 4.53. The van der Waals surface area contributed by atoms with Crippen LogP contribution in [0.3, 0.4) is 0 Å². The quantitative estimate of drug-likeness (QED) is 0.926. The van der Waals surface area contributed by atoms with Gasteiger partial charge in [0.25, 0.3) is 0 Å². The van der Waals surface area contributed by atoms with E-state index in [1.807, 2.05) is 0 Å². The van der Waals surface area contributed by atoms with Gasteiger partial charge in [-0.2, -0.15) is 9.61 Å². The maximum absolute atomic E-state index is 4.93. The molecule has 0 unspecified atom stereocenters. The second-order valence-corrected chi connectivity index (χ2v) is 6.68. The van der Waals surface area contributed by atoms with Gasteiger partial charge in [-0.1, -0.05) is 6.42 Å². The van der Waals surface area contributed by atoms with Crippen LogP contribution in [-0.2, 0) is 0 Å². The molecular formula is C17H25N5. The molecule has 0 spiro atoms. The fourth-order valence-corrected chi connectivity index (χ4v) is 3.78. The van der Waals surface area contributed by atoms with Gasteiger partial charge >= 0.3 is 0 Å². The van der Waals surface area contributed by atoms with E-state index in [2.05, 4.69) is 34.6 Å². The first-order chi connectivity index (χ1) is 10.7. The van der Waals surface area contributed by atoms with E-state index in [1.54, 1.807) is 0 Å². The summed E-state index contributed by atoms with van der Waals surface area (Å²) >= 11 is 0. The summed E-state index contributed by atoms with van der Waals surface area (Å²) in [6.07, 6.45) is 6.30. The van der Waals surface area contributed by atoms with Crippen molar-refractivity contribution < 1.29 is 0 Å². The Morgan fingerprint density at radius 2 is 1.95 bits per heavy atom. The van der Waals surface area contributed by atoms with Crippen LogP contribution in [0.25, 0.3) is 5.65 Å². The van der Waals surface area contributed by atoms with Crippen molar-refractivity contribution in [3.63, 3.8) is 0 Å². The summed E-state index contributed by atoms with van der Waals surface area (Å²) in [7, 11) is 0. The molecule has 22 heavy (non-hydrogen) atoms. The van der Waals surface area contributed by atoms with Crippen LogP contribution in [0, 0.1) is 13.8 Å². The lowest BCUT2D eigenvalue weighted by Gasteiger charge is -2.22. The minimum atomic E-state index is 0.391. The van der Waals surface area contributed by atoms with E-state index in [0.717, 1.165) is 36.7 Å². The number of hydrogen-bond donors (Lipinski definition) is 1. The van der Waals surface area contributed by atoms with Crippen LogP contribution in [0.4, 0.5) is 5.82 Å². The fourth-order valence-electron chi connectivity index (χ4n) is 3.78. The molecule has 2 aromatic rings. The first-order valence-corrected chi connectivity index (χ1v) is 8.59. The molecule has 0 aliphatic carbocycles. The Hall–Kier alpha value is -1.62. The first-order valence-electron chi connectivity index (χ1n) is 8.59. The predicted molar refractivity (Wildman–Crippen MR) is 88.5 cm³/mol. The Morgan fingerprint density at radius 3 is 2.68 bits per heavy atom. The summed E-state index contributed by atoms with van der Waals surface area (Å²) in [5, 5.41) is 8.53. The summed E-state index contributed by atoms with van der Waals surface area (Å²) in [4.78, 5) is 7.24. The molecule has 0 aromatic carbocycles. The Labute approximate surface area is 131 Å². The van der Waals surface area contributed by atoms with E-state index < -0.39 is 0 Å². The molecule has 2 fully saturated rings. The van der Waals surface area contributed by atoms with Gasteiger partial charge < -0.3 is 10.2 Å². The zero-order valence-electron chi connectivity index (χ0n) is 13.6. The third-order valence-corrected chi connectivity index (χ3v) is 5.14. The molecule has 0 radical (unpaired) electrons. The summed E-state index contributed by atoms with van der Waals surface area (Å²) < 4.78 is 2.08. The number of rotatable bonds is 2. The van der Waals surface area contributed by atoms with E-state index in [-0.39, 0.29) is 0 Å². The van der Waals surface area contributed by atoms with Gasteiger partial charge in [0.2, 0.25) is 0 Å². The summed E-state index contributed by atoms with van der Waals surface area (Å²) in [6, 6.07) is 2.57. The summed E-state index contributed by atoms with van der Waals surface area (Å²) in [5.74, 6) is 1.25. The topological polar surface area (TPSA) is 45.5 Å². The molecule has 4 rings (SSSR count). The minimum absolute atomic E-state index is 0.391. The second-order valence-electron chi connectivity index (χ2n) is 6.68. The predicted octanol–water partition coefficient (Wildman–Crippen LogP) is 2.76. The maximum Gasteiger partial charge on any atom is 0.157 e. The van der Waals surface area contributed by atoms with Gasteiger partial charge in [0.15, 0.2) is 5.65 Å². The lowest BCUT2D eigenvalue weighted by atomic mass is 10.0. The van der Waals surface area contributed by atoms with Crippen LogP contribution in [0.2, 0.25) is 0 Å².